The van der Waals surface area contributed by atoms with Crippen molar-refractivity contribution in [2.24, 2.45) is 17.3 Å². The fraction of sp³-hybridized carbons (Fsp3) is 0.561. The number of pyridine rings is 1. The van der Waals surface area contributed by atoms with Crippen molar-refractivity contribution < 1.29 is 81.7 Å². The van der Waals surface area contributed by atoms with Crippen LogP contribution in [-0.2, 0) is 61.9 Å². The van der Waals surface area contributed by atoms with Gasteiger partial charge in [0.1, 0.15) is 41.5 Å². The first-order chi connectivity index (χ1) is 27.6. The number of ether oxygens (including phenoxy) is 8. The van der Waals surface area contributed by atoms with Crippen molar-refractivity contribution in [1.29, 1.82) is 0 Å². The SMILES string of the molecule is CC(=O)OC[C@]12[C@H](OC(C)=O)[C@@H](OC(=O)c3ccccc3)[C@@H]3[C@@H](O)[C@@]14O[C@@]3(C)COC(=O)c1cccnc1[C@H](C)[C@H](C)C(=O)O[C@@H]([C@H](OC(C)=O)[C@@H]2OC(C)=O)[C@]4(C)O. The topological polar surface area (TPSA) is 247 Å². The van der Waals surface area contributed by atoms with Crippen molar-refractivity contribution in [1.82, 2.24) is 4.98 Å². The predicted molar refractivity (Wildman–Crippen MR) is 196 cm³/mol. The Morgan fingerprint density at radius 1 is 0.814 bits per heavy atom. The summed E-state index contributed by atoms with van der Waals surface area (Å²) >= 11 is 0. The molecule has 2 aliphatic carbocycles. The third kappa shape index (κ3) is 6.89. The molecule has 1 spiro atoms. The monoisotopic (exact) mass is 825 g/mol. The number of nitrogens with zero attached hydrogens (tertiary/aromatic N) is 1. The van der Waals surface area contributed by atoms with Crippen molar-refractivity contribution >= 4 is 41.8 Å². The van der Waals surface area contributed by atoms with Crippen molar-refractivity contribution in [3.8, 4) is 0 Å². The minimum absolute atomic E-state index is 0.00386. The second-order valence-corrected chi connectivity index (χ2v) is 15.9. The van der Waals surface area contributed by atoms with Gasteiger partial charge in [0.15, 0.2) is 24.4 Å². The van der Waals surface area contributed by atoms with E-state index in [9.17, 15) is 43.8 Å². The third-order valence-electron chi connectivity index (χ3n) is 12.1. The van der Waals surface area contributed by atoms with Crippen LogP contribution in [0.4, 0.5) is 0 Å². The van der Waals surface area contributed by atoms with Gasteiger partial charge in [-0.2, -0.15) is 0 Å². The number of carbonyl (C=O) groups excluding carboxylic acids is 7. The molecule has 2 saturated carbocycles. The molecule has 318 valence electrons. The highest BCUT2D eigenvalue weighted by molar-refractivity contribution is 5.91. The van der Waals surface area contributed by atoms with E-state index in [1.165, 1.54) is 44.3 Å². The van der Waals surface area contributed by atoms with Gasteiger partial charge in [0, 0.05) is 39.8 Å². The van der Waals surface area contributed by atoms with Crippen LogP contribution in [0.2, 0.25) is 0 Å². The average Bonchev–Trinajstić information content (AvgIpc) is 3.37. The van der Waals surface area contributed by atoms with Crippen LogP contribution in [0.25, 0.3) is 0 Å². The molecule has 0 unspecified atom stereocenters. The summed E-state index contributed by atoms with van der Waals surface area (Å²) in [5.41, 5.74) is -10.1. The van der Waals surface area contributed by atoms with Gasteiger partial charge >= 0.3 is 41.8 Å². The average molecular weight is 826 g/mol. The molecule has 4 bridgehead atoms. The molecule has 2 N–H and O–H groups in total. The van der Waals surface area contributed by atoms with E-state index in [0.717, 1.165) is 34.6 Å². The highest BCUT2D eigenvalue weighted by atomic mass is 16.7. The first kappa shape index (κ1) is 43.1. The van der Waals surface area contributed by atoms with Crippen LogP contribution in [-0.4, -0.2) is 124 Å². The van der Waals surface area contributed by atoms with Crippen molar-refractivity contribution in [2.75, 3.05) is 13.2 Å². The minimum atomic E-state index is -2.81. The molecule has 2 aliphatic heterocycles. The maximum atomic E-state index is 14.3. The first-order valence-corrected chi connectivity index (χ1v) is 19.0. The van der Waals surface area contributed by atoms with E-state index in [1.807, 2.05) is 0 Å². The number of fused-ring (bicyclic) bond motifs is 5. The molecule has 0 radical (unpaired) electrons. The van der Waals surface area contributed by atoms with E-state index in [-0.39, 0.29) is 16.8 Å². The van der Waals surface area contributed by atoms with E-state index in [4.69, 9.17) is 37.9 Å². The fourth-order valence-corrected chi connectivity index (χ4v) is 9.53. The van der Waals surface area contributed by atoms with Gasteiger partial charge in [0.25, 0.3) is 0 Å². The molecule has 13 atom stereocenters. The number of cyclic esters (lactones) is 1. The van der Waals surface area contributed by atoms with Crippen LogP contribution in [0, 0.1) is 17.3 Å². The number of carbonyl (C=O) groups is 7. The second kappa shape index (κ2) is 15.6. The highest BCUT2D eigenvalue weighted by Crippen LogP contribution is 2.69. The van der Waals surface area contributed by atoms with Gasteiger partial charge in [-0.15, -0.1) is 0 Å². The molecule has 59 heavy (non-hydrogen) atoms. The van der Waals surface area contributed by atoms with Gasteiger partial charge in [-0.25, -0.2) is 9.59 Å². The zero-order valence-corrected chi connectivity index (χ0v) is 33.7. The van der Waals surface area contributed by atoms with Crippen LogP contribution >= 0.6 is 0 Å². The third-order valence-corrected chi connectivity index (χ3v) is 12.1. The molecule has 1 aromatic heterocycles. The van der Waals surface area contributed by atoms with Crippen LogP contribution in [0.3, 0.4) is 0 Å². The van der Waals surface area contributed by atoms with E-state index >= 15 is 0 Å². The maximum Gasteiger partial charge on any atom is 0.340 e. The lowest BCUT2D eigenvalue weighted by atomic mass is 9.45. The van der Waals surface area contributed by atoms with Gasteiger partial charge in [0.2, 0.25) is 0 Å². The fourth-order valence-electron chi connectivity index (χ4n) is 9.53. The summed E-state index contributed by atoms with van der Waals surface area (Å²) in [6.45, 7) is 7.71. The summed E-state index contributed by atoms with van der Waals surface area (Å²) in [4.78, 5) is 99.2. The Hall–Kier alpha value is -5.46. The Bertz CT molecular complexity index is 2040. The highest BCUT2D eigenvalue weighted by Gasteiger charge is 2.91. The van der Waals surface area contributed by atoms with E-state index in [2.05, 4.69) is 4.98 Å². The number of rotatable bonds is 7. The van der Waals surface area contributed by atoms with Gasteiger partial charge in [-0.1, -0.05) is 32.0 Å². The lowest BCUT2D eigenvalue weighted by Gasteiger charge is -2.67. The normalized spacial score (nSPS) is 37.4. The molecule has 1 aromatic carbocycles. The molecular formula is C41H47NO17. The summed E-state index contributed by atoms with van der Waals surface area (Å²) in [7, 11) is 0. The van der Waals surface area contributed by atoms with Gasteiger partial charge in [0.05, 0.1) is 34.8 Å². The van der Waals surface area contributed by atoms with E-state index < -0.39 is 132 Å². The van der Waals surface area contributed by atoms with Gasteiger partial charge in [-0.05, 0) is 38.1 Å². The summed E-state index contributed by atoms with van der Waals surface area (Å²) in [6, 6.07) is 10.5. The van der Waals surface area contributed by atoms with Crippen molar-refractivity contribution in [3.63, 3.8) is 0 Å². The lowest BCUT2D eigenvalue weighted by Crippen LogP contribution is -2.89. The van der Waals surface area contributed by atoms with Gasteiger partial charge < -0.3 is 48.1 Å². The maximum absolute atomic E-state index is 14.3. The number of esters is 7. The number of benzene rings is 1. The zero-order valence-electron chi connectivity index (χ0n) is 33.7. The number of aliphatic hydroxyl groups is 2. The van der Waals surface area contributed by atoms with E-state index in [1.54, 1.807) is 25.1 Å². The summed E-state index contributed by atoms with van der Waals surface area (Å²) in [5.74, 6) is -10.7. The Kier molecular flexibility index (Phi) is 11.4. The molecule has 3 heterocycles. The number of aliphatic hydroxyl groups excluding tert-OH is 1. The predicted octanol–water partition coefficient (Wildman–Crippen LogP) is 1.76. The quantitative estimate of drug-likeness (QED) is 0.298. The van der Waals surface area contributed by atoms with Crippen molar-refractivity contribution in [3.05, 3.63) is 65.5 Å². The zero-order chi connectivity index (χ0) is 43.4. The molecular weight excluding hydrogens is 778 g/mol. The minimum Gasteiger partial charge on any atom is -0.465 e. The summed E-state index contributed by atoms with van der Waals surface area (Å²) in [6.07, 6.45) is -10.8. The Morgan fingerprint density at radius 3 is 2.02 bits per heavy atom. The molecule has 1 saturated heterocycles. The van der Waals surface area contributed by atoms with Gasteiger partial charge in [-0.3, -0.25) is 29.0 Å². The Balaban J connectivity index is 1.74. The Labute approximate surface area is 338 Å². The number of hydrogen-bond donors (Lipinski definition) is 2. The summed E-state index contributed by atoms with van der Waals surface area (Å²) < 4.78 is 48.6. The molecule has 0 amide bonds. The largest absolute Gasteiger partial charge is 0.465 e. The molecule has 6 rings (SSSR count). The van der Waals surface area contributed by atoms with Crippen LogP contribution < -0.4 is 0 Å². The Morgan fingerprint density at radius 2 is 1.42 bits per heavy atom. The van der Waals surface area contributed by atoms with Crippen LogP contribution in [0.5, 0.6) is 0 Å². The molecule has 18 nitrogen and oxygen atoms in total. The number of aromatic nitrogens is 1. The summed E-state index contributed by atoms with van der Waals surface area (Å²) in [5, 5.41) is 26.3. The second-order valence-electron chi connectivity index (χ2n) is 15.9. The molecule has 4 aliphatic rings. The smallest absolute Gasteiger partial charge is 0.340 e. The van der Waals surface area contributed by atoms with Crippen LogP contribution in [0.1, 0.15) is 87.7 Å². The van der Waals surface area contributed by atoms with E-state index in [0.29, 0.717) is 0 Å². The van der Waals surface area contributed by atoms with Crippen LogP contribution in [0.15, 0.2) is 48.7 Å². The standard InChI is InChI=1S/C41H47NO17/c1-19-20(2)35(48)58-32-30(54-22(4)44)34(56-24(6)46)40(18-52-21(3)43)33(55-23(5)45)29(57-36(49)25-13-10-9-11-14-25)27-31(47)41(40,39(32,8)51)59-38(27,7)17-53-37(50)26-15-12-16-42-28(19)26/h9-16,19-20,27,29-34,47,51H,17-18H2,1-8H3/t19-,20+,27-,29+,30+,31-,32+,33-,34+,38+,39+,40-,41+/m1/s1. The number of hydrogen-bond acceptors (Lipinski definition) is 18. The molecule has 18 heteroatoms. The molecule has 2 aromatic rings. The molecule has 3 fully saturated rings. The van der Waals surface area contributed by atoms with Crippen molar-refractivity contribution in [2.45, 2.75) is 115 Å². The lowest BCUT2D eigenvalue weighted by molar-refractivity contribution is -0.386. The first-order valence-electron chi connectivity index (χ1n) is 19.0.